The summed E-state index contributed by atoms with van der Waals surface area (Å²) in [5, 5.41) is 0. The minimum atomic E-state index is 0.622. The maximum absolute atomic E-state index is 5.10. The summed E-state index contributed by atoms with van der Waals surface area (Å²) in [6, 6.07) is 0. The van der Waals surface area contributed by atoms with E-state index in [1.165, 1.54) is 18.5 Å². The summed E-state index contributed by atoms with van der Waals surface area (Å²) in [6.07, 6.45) is 3.44. The van der Waals surface area contributed by atoms with E-state index in [1.807, 2.05) is 0 Å². The molecule has 0 radical (unpaired) electrons. The maximum Gasteiger partial charge on any atom is 0.127 e. The quantitative estimate of drug-likeness (QED) is 0.846. The Bertz CT molecular complexity index is 349. The lowest BCUT2D eigenvalue weighted by Crippen LogP contribution is -2.16. The lowest BCUT2D eigenvalue weighted by Gasteiger charge is -2.22. The van der Waals surface area contributed by atoms with Crippen molar-refractivity contribution >= 4 is 15.9 Å². The van der Waals surface area contributed by atoms with Gasteiger partial charge in [-0.1, -0.05) is 6.92 Å². The first-order chi connectivity index (χ1) is 7.24. The van der Waals surface area contributed by atoms with Crippen LogP contribution in [0.2, 0.25) is 0 Å². The first-order valence-electron chi connectivity index (χ1n) is 5.47. The van der Waals surface area contributed by atoms with Crippen LogP contribution >= 0.6 is 15.9 Å². The molecular formula is C11H17BrN2O. The SMILES string of the molecule is COCCc1nc(Br)c2n1CCCC2C. The van der Waals surface area contributed by atoms with E-state index < -0.39 is 0 Å². The van der Waals surface area contributed by atoms with Crippen molar-refractivity contribution in [2.24, 2.45) is 0 Å². The summed E-state index contributed by atoms with van der Waals surface area (Å²) in [6.45, 7) is 4.13. The second-order valence-corrected chi connectivity index (χ2v) is 4.89. The molecule has 1 aromatic heterocycles. The van der Waals surface area contributed by atoms with Crippen LogP contribution in [0, 0.1) is 0 Å². The molecule has 0 saturated carbocycles. The average molecular weight is 273 g/mol. The number of halogens is 1. The largest absolute Gasteiger partial charge is 0.384 e. The molecule has 1 unspecified atom stereocenters. The third kappa shape index (κ3) is 2.11. The zero-order valence-electron chi connectivity index (χ0n) is 9.29. The van der Waals surface area contributed by atoms with Gasteiger partial charge < -0.3 is 9.30 Å². The number of rotatable bonds is 3. The molecule has 2 heterocycles. The minimum absolute atomic E-state index is 0.622. The summed E-state index contributed by atoms with van der Waals surface area (Å²) < 4.78 is 8.49. The Kier molecular flexibility index (Phi) is 3.46. The van der Waals surface area contributed by atoms with Crippen molar-refractivity contribution < 1.29 is 4.74 Å². The topological polar surface area (TPSA) is 27.1 Å². The van der Waals surface area contributed by atoms with Crippen molar-refractivity contribution in [1.82, 2.24) is 9.55 Å². The van der Waals surface area contributed by atoms with Gasteiger partial charge in [-0.3, -0.25) is 0 Å². The van der Waals surface area contributed by atoms with Gasteiger partial charge >= 0.3 is 0 Å². The Labute approximate surface area is 99.0 Å². The highest BCUT2D eigenvalue weighted by atomic mass is 79.9. The highest BCUT2D eigenvalue weighted by Gasteiger charge is 2.23. The van der Waals surface area contributed by atoms with E-state index in [0.717, 1.165) is 30.0 Å². The first-order valence-corrected chi connectivity index (χ1v) is 6.27. The molecule has 1 aliphatic heterocycles. The van der Waals surface area contributed by atoms with Gasteiger partial charge in [0.1, 0.15) is 10.4 Å². The molecule has 4 heteroatoms. The molecule has 0 amide bonds. The van der Waals surface area contributed by atoms with E-state index in [0.29, 0.717) is 5.92 Å². The van der Waals surface area contributed by atoms with Gasteiger partial charge in [-0.05, 0) is 34.7 Å². The highest BCUT2D eigenvalue weighted by Crippen LogP contribution is 2.33. The monoisotopic (exact) mass is 272 g/mol. The van der Waals surface area contributed by atoms with Crippen LogP contribution in [0.15, 0.2) is 4.60 Å². The van der Waals surface area contributed by atoms with E-state index in [1.54, 1.807) is 7.11 Å². The molecule has 0 N–H and O–H groups in total. The van der Waals surface area contributed by atoms with Crippen LogP contribution in [-0.2, 0) is 17.7 Å². The van der Waals surface area contributed by atoms with E-state index in [-0.39, 0.29) is 0 Å². The summed E-state index contributed by atoms with van der Waals surface area (Å²) in [4.78, 5) is 4.58. The molecule has 1 aliphatic rings. The van der Waals surface area contributed by atoms with Gasteiger partial charge in [0.15, 0.2) is 0 Å². The van der Waals surface area contributed by atoms with Crippen molar-refractivity contribution in [3.8, 4) is 0 Å². The van der Waals surface area contributed by atoms with E-state index >= 15 is 0 Å². The minimum Gasteiger partial charge on any atom is -0.384 e. The number of nitrogens with zero attached hydrogens (tertiary/aromatic N) is 2. The Morgan fingerprint density at radius 3 is 3.13 bits per heavy atom. The van der Waals surface area contributed by atoms with Crippen LogP contribution < -0.4 is 0 Å². The van der Waals surface area contributed by atoms with E-state index in [9.17, 15) is 0 Å². The third-order valence-electron chi connectivity index (χ3n) is 3.06. The molecule has 2 rings (SSSR count). The van der Waals surface area contributed by atoms with Crippen molar-refractivity contribution in [3.05, 3.63) is 16.1 Å². The van der Waals surface area contributed by atoms with Crippen molar-refractivity contribution in [1.29, 1.82) is 0 Å². The van der Waals surface area contributed by atoms with Crippen LogP contribution in [0.3, 0.4) is 0 Å². The second kappa shape index (κ2) is 4.66. The molecular weight excluding hydrogens is 256 g/mol. The lowest BCUT2D eigenvalue weighted by molar-refractivity contribution is 0.199. The first kappa shape index (κ1) is 11.1. The molecule has 0 fully saturated rings. The Hall–Kier alpha value is -0.350. The van der Waals surface area contributed by atoms with Gasteiger partial charge in [-0.25, -0.2) is 4.98 Å². The third-order valence-corrected chi connectivity index (χ3v) is 3.64. The summed E-state index contributed by atoms with van der Waals surface area (Å²) in [5.41, 5.74) is 1.37. The van der Waals surface area contributed by atoms with Crippen molar-refractivity contribution in [3.63, 3.8) is 0 Å². The molecule has 0 spiro atoms. The number of fused-ring (bicyclic) bond motifs is 1. The maximum atomic E-state index is 5.10. The molecule has 84 valence electrons. The molecule has 0 bridgehead atoms. The molecule has 1 atom stereocenters. The number of aromatic nitrogens is 2. The fraction of sp³-hybridized carbons (Fsp3) is 0.727. The molecule has 3 nitrogen and oxygen atoms in total. The van der Waals surface area contributed by atoms with Crippen LogP contribution in [0.25, 0.3) is 0 Å². The van der Waals surface area contributed by atoms with E-state index in [4.69, 9.17) is 4.74 Å². The molecule has 15 heavy (non-hydrogen) atoms. The smallest absolute Gasteiger partial charge is 0.127 e. The molecule has 0 aromatic carbocycles. The average Bonchev–Trinajstić information content (AvgIpc) is 2.54. The zero-order valence-corrected chi connectivity index (χ0v) is 10.9. The Balaban J connectivity index is 2.29. The standard InChI is InChI=1S/C11H17BrN2O/c1-8-4-3-6-14-9(5-7-15-2)13-11(12)10(8)14/h8H,3-7H2,1-2H3. The van der Waals surface area contributed by atoms with E-state index in [2.05, 4.69) is 32.4 Å². The van der Waals surface area contributed by atoms with Gasteiger partial charge in [0.25, 0.3) is 0 Å². The van der Waals surface area contributed by atoms with Gasteiger partial charge in [-0.2, -0.15) is 0 Å². The summed E-state index contributed by atoms with van der Waals surface area (Å²) in [7, 11) is 1.73. The fourth-order valence-electron chi connectivity index (χ4n) is 2.28. The second-order valence-electron chi connectivity index (χ2n) is 4.14. The number of imidazole rings is 1. The van der Waals surface area contributed by atoms with Gasteiger partial charge in [0.05, 0.1) is 12.3 Å². The number of methoxy groups -OCH3 is 1. The summed E-state index contributed by atoms with van der Waals surface area (Å²) in [5.74, 6) is 1.78. The lowest BCUT2D eigenvalue weighted by atomic mass is 9.99. The highest BCUT2D eigenvalue weighted by molar-refractivity contribution is 9.10. The van der Waals surface area contributed by atoms with Crippen LogP contribution in [0.4, 0.5) is 0 Å². The zero-order chi connectivity index (χ0) is 10.8. The number of hydrogen-bond donors (Lipinski definition) is 0. The molecule has 0 saturated heterocycles. The summed E-state index contributed by atoms with van der Waals surface area (Å²) >= 11 is 3.56. The Morgan fingerprint density at radius 1 is 1.60 bits per heavy atom. The molecule has 1 aromatic rings. The van der Waals surface area contributed by atoms with Gasteiger partial charge in [0, 0.05) is 20.1 Å². The van der Waals surface area contributed by atoms with Crippen LogP contribution in [-0.4, -0.2) is 23.3 Å². The van der Waals surface area contributed by atoms with Gasteiger partial charge in [0.2, 0.25) is 0 Å². The normalized spacial score (nSPS) is 20.3. The molecule has 0 aliphatic carbocycles. The van der Waals surface area contributed by atoms with Crippen molar-refractivity contribution in [2.75, 3.05) is 13.7 Å². The van der Waals surface area contributed by atoms with Crippen molar-refractivity contribution in [2.45, 2.75) is 38.6 Å². The van der Waals surface area contributed by atoms with Crippen LogP contribution in [0.5, 0.6) is 0 Å². The van der Waals surface area contributed by atoms with Crippen LogP contribution in [0.1, 0.15) is 37.2 Å². The number of hydrogen-bond acceptors (Lipinski definition) is 2. The fourth-order valence-corrected chi connectivity index (χ4v) is 3.09. The predicted molar refractivity (Wildman–Crippen MR) is 63.2 cm³/mol. The number of ether oxygens (including phenoxy) is 1. The van der Waals surface area contributed by atoms with Gasteiger partial charge in [-0.15, -0.1) is 0 Å². The predicted octanol–water partition coefficient (Wildman–Crippen LogP) is 2.73. The Morgan fingerprint density at radius 2 is 2.40 bits per heavy atom.